The highest BCUT2D eigenvalue weighted by Gasteiger charge is 2.21. The molecule has 4 aromatic rings. The molecule has 4 nitrogen and oxygen atoms in total. The maximum absolute atomic E-state index is 13.2. The predicted octanol–water partition coefficient (Wildman–Crippen LogP) is 5.57. The number of hydrogen-bond acceptors (Lipinski definition) is 4. The van der Waals surface area contributed by atoms with Gasteiger partial charge in [-0.15, -0.1) is 0 Å². The summed E-state index contributed by atoms with van der Waals surface area (Å²) in [6, 6.07) is 13.5. The minimum absolute atomic E-state index is 0.115. The molecule has 2 heterocycles. The molecule has 4 rings (SSSR count). The molecule has 0 aliphatic rings. The molecular weight excluding hydrogens is 409 g/mol. The number of benzene rings is 2. The Kier molecular flexibility index (Phi) is 5.56. The summed E-state index contributed by atoms with van der Waals surface area (Å²) < 4.78 is 14.2. The maximum atomic E-state index is 13.2. The molecule has 0 N–H and O–H groups in total. The maximum Gasteiger partial charge on any atom is 0.233 e. The number of carbonyl (C=O) groups is 1. The standard InChI is InChI=1S/C22H17ClFN3OS/c1-14-18(23)6-7-19-21(14)26-22(29-19)27(13-16-8-10-25-11-9-16)20(28)12-15-2-4-17(24)5-3-15/h2-11H,12-13H2,1H3. The van der Waals surface area contributed by atoms with Gasteiger partial charge in [-0.3, -0.25) is 14.7 Å². The van der Waals surface area contributed by atoms with Gasteiger partial charge in [0, 0.05) is 17.4 Å². The zero-order chi connectivity index (χ0) is 20.4. The van der Waals surface area contributed by atoms with Crippen LogP contribution in [-0.2, 0) is 17.8 Å². The van der Waals surface area contributed by atoms with Crippen molar-refractivity contribution in [1.29, 1.82) is 0 Å². The molecule has 0 radical (unpaired) electrons. The van der Waals surface area contributed by atoms with Crippen LogP contribution in [0.25, 0.3) is 10.2 Å². The quantitative estimate of drug-likeness (QED) is 0.420. The number of anilines is 1. The number of carbonyl (C=O) groups excluding carboxylic acids is 1. The van der Waals surface area contributed by atoms with Gasteiger partial charge in [0.05, 0.1) is 23.2 Å². The van der Waals surface area contributed by atoms with Gasteiger partial charge in [-0.25, -0.2) is 9.37 Å². The number of rotatable bonds is 5. The number of aromatic nitrogens is 2. The fourth-order valence-electron chi connectivity index (χ4n) is 3.01. The minimum atomic E-state index is -0.326. The Morgan fingerprint density at radius 3 is 2.52 bits per heavy atom. The SMILES string of the molecule is Cc1c(Cl)ccc2sc(N(Cc3ccncc3)C(=O)Cc3ccc(F)cc3)nc12. The van der Waals surface area contributed by atoms with E-state index >= 15 is 0 Å². The van der Waals surface area contributed by atoms with Crippen molar-refractivity contribution in [3.8, 4) is 0 Å². The number of halogens is 2. The van der Waals surface area contributed by atoms with Crippen LogP contribution >= 0.6 is 22.9 Å². The Morgan fingerprint density at radius 1 is 1.07 bits per heavy atom. The van der Waals surface area contributed by atoms with Gasteiger partial charge in [-0.2, -0.15) is 0 Å². The molecule has 0 bridgehead atoms. The molecule has 0 saturated heterocycles. The minimum Gasteiger partial charge on any atom is -0.283 e. The highest BCUT2D eigenvalue weighted by Crippen LogP contribution is 2.34. The number of aryl methyl sites for hydroxylation is 1. The largest absolute Gasteiger partial charge is 0.283 e. The number of fused-ring (bicyclic) bond motifs is 1. The first-order valence-electron chi connectivity index (χ1n) is 9.00. The van der Waals surface area contributed by atoms with E-state index in [4.69, 9.17) is 16.6 Å². The van der Waals surface area contributed by atoms with E-state index < -0.39 is 0 Å². The van der Waals surface area contributed by atoms with Crippen LogP contribution in [0.3, 0.4) is 0 Å². The Morgan fingerprint density at radius 2 is 1.79 bits per heavy atom. The molecule has 0 aliphatic carbocycles. The molecule has 1 amide bonds. The molecule has 29 heavy (non-hydrogen) atoms. The summed E-state index contributed by atoms with van der Waals surface area (Å²) in [5.74, 6) is -0.440. The van der Waals surface area contributed by atoms with Crippen molar-refractivity contribution >= 4 is 44.2 Å². The monoisotopic (exact) mass is 425 g/mol. The van der Waals surface area contributed by atoms with Gasteiger partial charge >= 0.3 is 0 Å². The lowest BCUT2D eigenvalue weighted by atomic mass is 10.1. The molecule has 7 heteroatoms. The van der Waals surface area contributed by atoms with Crippen molar-refractivity contribution in [1.82, 2.24) is 9.97 Å². The third-order valence-corrected chi connectivity index (χ3v) is 6.08. The van der Waals surface area contributed by atoms with E-state index in [2.05, 4.69) is 4.98 Å². The number of hydrogen-bond donors (Lipinski definition) is 0. The van der Waals surface area contributed by atoms with E-state index in [-0.39, 0.29) is 18.1 Å². The summed E-state index contributed by atoms with van der Waals surface area (Å²) in [6.07, 6.45) is 3.54. The first-order valence-corrected chi connectivity index (χ1v) is 10.2. The Labute approximate surface area is 176 Å². The second-order valence-corrected chi connectivity index (χ2v) is 8.07. The molecule has 0 aliphatic heterocycles. The molecule has 2 aromatic carbocycles. The second kappa shape index (κ2) is 8.27. The van der Waals surface area contributed by atoms with Crippen molar-refractivity contribution in [3.05, 3.63) is 88.5 Å². The van der Waals surface area contributed by atoms with Crippen LogP contribution in [0, 0.1) is 12.7 Å². The van der Waals surface area contributed by atoms with E-state index in [0.29, 0.717) is 16.7 Å². The van der Waals surface area contributed by atoms with Crippen LogP contribution in [-0.4, -0.2) is 15.9 Å². The van der Waals surface area contributed by atoms with E-state index in [1.54, 1.807) is 29.4 Å². The van der Waals surface area contributed by atoms with Gasteiger partial charge < -0.3 is 0 Å². The normalized spacial score (nSPS) is 11.0. The molecule has 0 atom stereocenters. The van der Waals surface area contributed by atoms with Gasteiger partial charge in [0.25, 0.3) is 0 Å². The zero-order valence-corrected chi connectivity index (χ0v) is 17.2. The van der Waals surface area contributed by atoms with E-state index in [0.717, 1.165) is 26.9 Å². The fraction of sp³-hybridized carbons (Fsp3) is 0.136. The number of pyridine rings is 1. The number of thiazole rings is 1. The summed E-state index contributed by atoms with van der Waals surface area (Å²) in [7, 11) is 0. The third kappa shape index (κ3) is 4.28. The smallest absolute Gasteiger partial charge is 0.233 e. The zero-order valence-electron chi connectivity index (χ0n) is 15.6. The summed E-state index contributed by atoms with van der Waals surface area (Å²) in [5.41, 5.74) is 3.38. The lowest BCUT2D eigenvalue weighted by Crippen LogP contribution is -2.31. The van der Waals surface area contributed by atoms with E-state index in [1.165, 1.54) is 23.5 Å². The average Bonchev–Trinajstić information content (AvgIpc) is 3.16. The van der Waals surface area contributed by atoms with Crippen LogP contribution < -0.4 is 4.90 Å². The van der Waals surface area contributed by atoms with Crippen molar-refractivity contribution in [3.63, 3.8) is 0 Å². The number of amides is 1. The molecule has 146 valence electrons. The first kappa shape index (κ1) is 19.5. The van der Waals surface area contributed by atoms with Gasteiger partial charge in [-0.1, -0.05) is 35.1 Å². The van der Waals surface area contributed by atoms with Crippen LogP contribution in [0.4, 0.5) is 9.52 Å². The van der Waals surface area contributed by atoms with Gasteiger partial charge in [0.2, 0.25) is 5.91 Å². The predicted molar refractivity (Wildman–Crippen MR) is 115 cm³/mol. The van der Waals surface area contributed by atoms with E-state index in [1.807, 2.05) is 31.2 Å². The van der Waals surface area contributed by atoms with E-state index in [9.17, 15) is 9.18 Å². The summed E-state index contributed by atoms with van der Waals surface area (Å²) in [4.78, 5) is 23.6. The van der Waals surface area contributed by atoms with Crippen LogP contribution in [0.15, 0.2) is 60.9 Å². The number of nitrogens with zero attached hydrogens (tertiary/aromatic N) is 3. The summed E-state index contributed by atoms with van der Waals surface area (Å²) >= 11 is 7.68. The topological polar surface area (TPSA) is 46.1 Å². The van der Waals surface area contributed by atoms with Crippen molar-refractivity contribution in [2.45, 2.75) is 19.9 Å². The summed E-state index contributed by atoms with van der Waals surface area (Å²) in [5, 5.41) is 1.25. The van der Waals surface area contributed by atoms with Crippen LogP contribution in [0.2, 0.25) is 5.02 Å². The first-order chi connectivity index (χ1) is 14.0. The molecule has 2 aromatic heterocycles. The molecular formula is C22H17ClFN3OS. The second-order valence-electron chi connectivity index (χ2n) is 6.65. The Bertz CT molecular complexity index is 1160. The highest BCUT2D eigenvalue weighted by atomic mass is 35.5. The van der Waals surface area contributed by atoms with Gasteiger partial charge in [-0.05, 0) is 60.0 Å². The summed E-state index contributed by atoms with van der Waals surface area (Å²) in [6.45, 7) is 2.29. The van der Waals surface area contributed by atoms with Gasteiger partial charge in [0.15, 0.2) is 5.13 Å². The Balaban J connectivity index is 1.70. The van der Waals surface area contributed by atoms with Crippen LogP contribution in [0.1, 0.15) is 16.7 Å². The lowest BCUT2D eigenvalue weighted by molar-refractivity contribution is -0.118. The molecule has 0 fully saturated rings. The third-order valence-electron chi connectivity index (χ3n) is 4.63. The average molecular weight is 426 g/mol. The van der Waals surface area contributed by atoms with Crippen molar-refractivity contribution in [2.75, 3.05) is 4.90 Å². The highest BCUT2D eigenvalue weighted by molar-refractivity contribution is 7.22. The van der Waals surface area contributed by atoms with Gasteiger partial charge in [0.1, 0.15) is 5.82 Å². The van der Waals surface area contributed by atoms with Crippen molar-refractivity contribution < 1.29 is 9.18 Å². The molecule has 0 unspecified atom stereocenters. The lowest BCUT2D eigenvalue weighted by Gasteiger charge is -2.20. The molecule has 0 spiro atoms. The van der Waals surface area contributed by atoms with Crippen LogP contribution in [0.5, 0.6) is 0 Å². The fourth-order valence-corrected chi connectivity index (χ4v) is 4.20. The Hall–Kier alpha value is -2.83. The van der Waals surface area contributed by atoms with Crippen molar-refractivity contribution in [2.24, 2.45) is 0 Å². The molecule has 0 saturated carbocycles.